The van der Waals surface area contributed by atoms with E-state index < -0.39 is 0 Å². The molecule has 1 aliphatic heterocycles. The number of nitrogens with one attached hydrogen (secondary N) is 1. The number of rotatable bonds is 3. The van der Waals surface area contributed by atoms with Crippen molar-refractivity contribution in [2.75, 3.05) is 27.2 Å². The van der Waals surface area contributed by atoms with Crippen molar-refractivity contribution in [3.05, 3.63) is 64.5 Å². The van der Waals surface area contributed by atoms with Crippen LogP contribution in [0.1, 0.15) is 24.3 Å². The Morgan fingerprint density at radius 3 is 2.63 bits per heavy atom. The number of hydrogen-bond donors (Lipinski definition) is 1. The largest absolute Gasteiger partial charge is 0.383 e. The molecule has 1 saturated heterocycles. The number of fused-ring (bicyclic) bond motifs is 1. The molecular weight excluding hydrogens is 330 g/mol. The second kappa shape index (κ2) is 7.53. The average Bonchev–Trinajstić information content (AvgIpc) is 2.69. The predicted molar refractivity (Wildman–Crippen MR) is 115 cm³/mol. The molecule has 0 aliphatic carbocycles. The smallest absolute Gasteiger partial charge is 0.0709 e. The van der Waals surface area contributed by atoms with Gasteiger partial charge in [-0.2, -0.15) is 0 Å². The minimum Gasteiger partial charge on any atom is -0.383 e. The van der Waals surface area contributed by atoms with Gasteiger partial charge in [0.05, 0.1) is 11.2 Å². The van der Waals surface area contributed by atoms with Gasteiger partial charge < -0.3 is 10.2 Å². The van der Waals surface area contributed by atoms with Crippen LogP contribution in [0.3, 0.4) is 0 Å². The molecule has 1 fully saturated rings. The highest BCUT2D eigenvalue weighted by Gasteiger charge is 2.15. The molecule has 3 heteroatoms. The molecule has 1 N–H and O–H groups in total. The predicted octanol–water partition coefficient (Wildman–Crippen LogP) is 3.08. The summed E-state index contributed by atoms with van der Waals surface area (Å²) < 4.78 is 0. The SMILES string of the molecule is C=c1ccc(-c2ccc3cc(C4CCNCC4)ccc3n2)c/c1=C/N(C)C. The van der Waals surface area contributed by atoms with E-state index in [0.717, 1.165) is 40.3 Å². The Morgan fingerprint density at radius 2 is 1.85 bits per heavy atom. The zero-order valence-electron chi connectivity index (χ0n) is 16.2. The maximum Gasteiger partial charge on any atom is 0.0709 e. The second-order valence-electron chi connectivity index (χ2n) is 7.68. The Labute approximate surface area is 161 Å². The van der Waals surface area contributed by atoms with Gasteiger partial charge in [0.2, 0.25) is 0 Å². The highest BCUT2D eigenvalue weighted by atomic mass is 15.0. The van der Waals surface area contributed by atoms with Gasteiger partial charge in [-0.1, -0.05) is 30.8 Å². The Hall–Kier alpha value is -2.65. The van der Waals surface area contributed by atoms with E-state index in [1.54, 1.807) is 0 Å². The van der Waals surface area contributed by atoms with Crippen molar-refractivity contribution < 1.29 is 0 Å². The Bertz CT molecular complexity index is 1060. The summed E-state index contributed by atoms with van der Waals surface area (Å²) in [5.74, 6) is 0.670. The fourth-order valence-corrected chi connectivity index (χ4v) is 3.87. The van der Waals surface area contributed by atoms with Crippen LogP contribution in [-0.4, -0.2) is 37.1 Å². The van der Waals surface area contributed by atoms with E-state index in [9.17, 15) is 0 Å². The highest BCUT2D eigenvalue weighted by molar-refractivity contribution is 5.82. The van der Waals surface area contributed by atoms with Crippen molar-refractivity contribution in [1.82, 2.24) is 15.2 Å². The zero-order chi connectivity index (χ0) is 18.8. The number of nitrogens with zero attached hydrogens (tertiary/aromatic N) is 2. The first-order valence-electron chi connectivity index (χ1n) is 9.69. The third-order valence-corrected chi connectivity index (χ3v) is 5.36. The fraction of sp³-hybridized carbons (Fsp3) is 0.292. The topological polar surface area (TPSA) is 28.2 Å². The second-order valence-corrected chi connectivity index (χ2v) is 7.68. The molecule has 0 unspecified atom stereocenters. The summed E-state index contributed by atoms with van der Waals surface area (Å²) in [4.78, 5) is 6.97. The molecule has 3 aromatic rings. The summed E-state index contributed by atoms with van der Waals surface area (Å²) in [7, 11) is 4.06. The van der Waals surface area contributed by atoms with Crippen LogP contribution in [0.2, 0.25) is 0 Å². The van der Waals surface area contributed by atoms with Crippen molar-refractivity contribution in [1.29, 1.82) is 0 Å². The third-order valence-electron chi connectivity index (χ3n) is 5.36. The number of aromatic nitrogens is 1. The summed E-state index contributed by atoms with van der Waals surface area (Å²) in [6, 6.07) is 17.4. The average molecular weight is 358 g/mol. The standard InChI is InChI=1S/C24H27N3/c1-17-4-5-20(15-22(17)16-27(2)3)24-9-7-21-14-19(6-8-23(21)26-24)18-10-12-25-13-11-18/h4-9,14-16,18,25H,1,10-13H2,2-3H3/b22-16-. The van der Waals surface area contributed by atoms with Crippen molar-refractivity contribution in [2.45, 2.75) is 18.8 Å². The van der Waals surface area contributed by atoms with E-state index in [-0.39, 0.29) is 0 Å². The fourth-order valence-electron chi connectivity index (χ4n) is 3.87. The maximum absolute atomic E-state index is 4.92. The van der Waals surface area contributed by atoms with Crippen molar-refractivity contribution in [2.24, 2.45) is 0 Å². The number of piperidine rings is 1. The van der Waals surface area contributed by atoms with Gasteiger partial charge in [-0.15, -0.1) is 0 Å². The van der Waals surface area contributed by atoms with Gasteiger partial charge in [0.25, 0.3) is 0 Å². The minimum absolute atomic E-state index is 0.670. The molecule has 2 aromatic carbocycles. The summed E-state index contributed by atoms with van der Waals surface area (Å²) in [5, 5.41) is 6.82. The molecule has 0 saturated carbocycles. The lowest BCUT2D eigenvalue weighted by molar-refractivity contribution is 0.460. The van der Waals surface area contributed by atoms with Crippen LogP contribution in [0, 0.1) is 0 Å². The molecule has 27 heavy (non-hydrogen) atoms. The normalized spacial score (nSPS) is 16.0. The molecule has 2 heterocycles. The van der Waals surface area contributed by atoms with Crippen molar-refractivity contribution in [3.8, 4) is 11.3 Å². The van der Waals surface area contributed by atoms with Gasteiger partial charge in [0.15, 0.2) is 0 Å². The first kappa shape index (κ1) is 17.7. The van der Waals surface area contributed by atoms with Crippen LogP contribution >= 0.6 is 0 Å². The monoisotopic (exact) mass is 357 g/mol. The maximum atomic E-state index is 4.92. The zero-order valence-corrected chi connectivity index (χ0v) is 16.2. The third kappa shape index (κ3) is 3.88. The van der Waals surface area contributed by atoms with Gasteiger partial charge in [0.1, 0.15) is 0 Å². The quantitative estimate of drug-likeness (QED) is 0.781. The lowest BCUT2D eigenvalue weighted by Crippen LogP contribution is -2.26. The highest BCUT2D eigenvalue weighted by Crippen LogP contribution is 2.28. The first-order chi connectivity index (χ1) is 13.1. The molecule has 0 amide bonds. The van der Waals surface area contributed by atoms with E-state index in [1.807, 2.05) is 19.0 Å². The molecule has 1 aliphatic rings. The molecular formula is C24H27N3. The summed E-state index contributed by atoms with van der Waals surface area (Å²) in [6.07, 6.45) is 4.54. The van der Waals surface area contributed by atoms with E-state index in [0.29, 0.717) is 5.92 Å². The molecule has 1 aromatic heterocycles. The molecule has 138 valence electrons. The molecule has 3 nitrogen and oxygen atoms in total. The molecule has 0 radical (unpaired) electrons. The lowest BCUT2D eigenvalue weighted by atomic mass is 9.89. The summed E-state index contributed by atoms with van der Waals surface area (Å²) in [6.45, 7) is 6.37. The van der Waals surface area contributed by atoms with E-state index in [4.69, 9.17) is 4.98 Å². The van der Waals surface area contributed by atoms with Crippen molar-refractivity contribution in [3.63, 3.8) is 0 Å². The van der Waals surface area contributed by atoms with E-state index in [2.05, 4.69) is 66.6 Å². The number of benzene rings is 2. The first-order valence-corrected chi connectivity index (χ1v) is 9.69. The van der Waals surface area contributed by atoms with Gasteiger partial charge >= 0.3 is 0 Å². The molecule has 0 atom stereocenters. The van der Waals surface area contributed by atoms with E-state index in [1.165, 1.54) is 23.8 Å². The Morgan fingerprint density at radius 1 is 1.04 bits per heavy atom. The van der Waals surface area contributed by atoms with Crippen LogP contribution in [-0.2, 0) is 0 Å². The van der Waals surface area contributed by atoms with Crippen LogP contribution in [0.15, 0.2) is 48.5 Å². The van der Waals surface area contributed by atoms with Gasteiger partial charge in [0, 0.05) is 31.2 Å². The minimum atomic E-state index is 0.670. The van der Waals surface area contributed by atoms with Crippen LogP contribution in [0.25, 0.3) is 34.9 Å². The van der Waals surface area contributed by atoms with E-state index >= 15 is 0 Å². The summed E-state index contributed by atoms with van der Waals surface area (Å²) in [5.41, 5.74) is 4.63. The number of pyridine rings is 1. The van der Waals surface area contributed by atoms with Gasteiger partial charge in [-0.05, 0) is 72.1 Å². The van der Waals surface area contributed by atoms with Crippen LogP contribution < -0.4 is 15.8 Å². The molecule has 0 bridgehead atoms. The molecule has 0 spiro atoms. The van der Waals surface area contributed by atoms with Gasteiger partial charge in [-0.3, -0.25) is 0 Å². The van der Waals surface area contributed by atoms with Crippen LogP contribution in [0.4, 0.5) is 0 Å². The molecule has 4 rings (SSSR count). The number of hydrogen-bond acceptors (Lipinski definition) is 3. The van der Waals surface area contributed by atoms with Crippen LogP contribution in [0.5, 0.6) is 0 Å². The Balaban J connectivity index is 1.71. The van der Waals surface area contributed by atoms with Gasteiger partial charge in [-0.25, -0.2) is 4.98 Å². The summed E-state index contributed by atoms with van der Waals surface area (Å²) >= 11 is 0. The lowest BCUT2D eigenvalue weighted by Gasteiger charge is -2.23. The Kier molecular flexibility index (Phi) is 4.95. The van der Waals surface area contributed by atoms with Crippen molar-refractivity contribution >= 4 is 23.7 Å².